The van der Waals surface area contributed by atoms with Crippen molar-refractivity contribution in [1.29, 1.82) is 0 Å². The van der Waals surface area contributed by atoms with Crippen molar-refractivity contribution in [2.75, 3.05) is 5.75 Å². The number of amides is 1. The van der Waals surface area contributed by atoms with Gasteiger partial charge in [-0.25, -0.2) is 0 Å². The highest BCUT2D eigenvalue weighted by Gasteiger charge is 2.13. The van der Waals surface area contributed by atoms with Crippen molar-refractivity contribution in [2.45, 2.75) is 18.0 Å². The van der Waals surface area contributed by atoms with Gasteiger partial charge in [-0.15, -0.1) is 21.5 Å². The van der Waals surface area contributed by atoms with Crippen LogP contribution in [-0.2, 0) is 18.3 Å². The fourth-order valence-corrected chi connectivity index (χ4v) is 3.13. The number of aryl methyl sites for hydroxylation is 1. The largest absolute Gasteiger partial charge is 0.370 e. The predicted octanol–water partition coefficient (Wildman–Crippen LogP) is 1.27. The second kappa shape index (κ2) is 6.67. The van der Waals surface area contributed by atoms with Gasteiger partial charge in [-0.05, 0) is 11.4 Å². The number of aromatic nitrogens is 3. The van der Waals surface area contributed by atoms with E-state index < -0.39 is 0 Å². The van der Waals surface area contributed by atoms with Crippen molar-refractivity contribution in [1.82, 2.24) is 14.8 Å². The van der Waals surface area contributed by atoms with Crippen LogP contribution in [0.3, 0.4) is 0 Å². The molecule has 20 heavy (non-hydrogen) atoms. The molecule has 0 bridgehead atoms. The van der Waals surface area contributed by atoms with E-state index in [1.54, 1.807) is 4.57 Å². The molecule has 2 rings (SSSR count). The van der Waals surface area contributed by atoms with Crippen LogP contribution < -0.4 is 5.73 Å². The molecule has 0 aliphatic carbocycles. The van der Waals surface area contributed by atoms with Crippen molar-refractivity contribution in [2.24, 2.45) is 12.8 Å². The lowest BCUT2D eigenvalue weighted by Crippen LogP contribution is -2.13. The molecule has 0 radical (unpaired) electrons. The summed E-state index contributed by atoms with van der Waals surface area (Å²) in [6.07, 6.45) is 0.697. The number of thiophene rings is 1. The molecule has 0 saturated heterocycles. The number of nitrogens with two attached hydrogens (primary N) is 1. The Morgan fingerprint density at radius 3 is 2.90 bits per heavy atom. The van der Waals surface area contributed by atoms with E-state index in [0.717, 1.165) is 4.88 Å². The number of primary amides is 1. The fraction of sp³-hybridized carbons (Fsp3) is 0.333. The number of carbonyl (C=O) groups excluding carboxylic acids is 2. The lowest BCUT2D eigenvalue weighted by atomic mass is 10.3. The average molecular weight is 310 g/mol. The SMILES string of the molecule is Cn1c(CCC(N)=O)nnc1SCC(=O)c1cccs1. The van der Waals surface area contributed by atoms with E-state index in [0.29, 0.717) is 23.2 Å². The molecular weight excluding hydrogens is 296 g/mol. The first-order chi connectivity index (χ1) is 9.58. The average Bonchev–Trinajstić information content (AvgIpc) is 3.04. The summed E-state index contributed by atoms with van der Waals surface area (Å²) < 4.78 is 1.79. The van der Waals surface area contributed by atoms with Crippen molar-refractivity contribution in [3.05, 3.63) is 28.2 Å². The lowest BCUT2D eigenvalue weighted by molar-refractivity contribution is -0.118. The molecule has 0 unspecified atom stereocenters. The highest BCUT2D eigenvalue weighted by atomic mass is 32.2. The van der Waals surface area contributed by atoms with Crippen LogP contribution >= 0.6 is 23.1 Å². The summed E-state index contributed by atoms with van der Waals surface area (Å²) >= 11 is 2.77. The highest BCUT2D eigenvalue weighted by molar-refractivity contribution is 7.99. The Bertz CT molecular complexity index is 607. The zero-order valence-corrected chi connectivity index (χ0v) is 12.5. The van der Waals surface area contributed by atoms with E-state index in [2.05, 4.69) is 10.2 Å². The van der Waals surface area contributed by atoms with Gasteiger partial charge in [0.1, 0.15) is 5.82 Å². The molecule has 8 heteroatoms. The van der Waals surface area contributed by atoms with Gasteiger partial charge < -0.3 is 10.3 Å². The Hall–Kier alpha value is -1.67. The van der Waals surface area contributed by atoms with Gasteiger partial charge in [-0.2, -0.15) is 0 Å². The minimum Gasteiger partial charge on any atom is -0.370 e. The van der Waals surface area contributed by atoms with Gasteiger partial charge in [0.2, 0.25) is 5.91 Å². The van der Waals surface area contributed by atoms with Gasteiger partial charge in [-0.3, -0.25) is 9.59 Å². The molecule has 0 aliphatic heterocycles. The number of carbonyl (C=O) groups is 2. The highest BCUT2D eigenvalue weighted by Crippen LogP contribution is 2.19. The minimum atomic E-state index is -0.366. The van der Waals surface area contributed by atoms with E-state index in [4.69, 9.17) is 5.73 Å². The quantitative estimate of drug-likeness (QED) is 0.614. The van der Waals surface area contributed by atoms with Crippen molar-refractivity contribution >= 4 is 34.8 Å². The molecule has 0 atom stereocenters. The number of ketones is 1. The molecule has 2 aromatic heterocycles. The van der Waals surface area contributed by atoms with E-state index in [1.807, 2.05) is 24.6 Å². The third-order valence-electron chi connectivity index (χ3n) is 2.65. The zero-order valence-electron chi connectivity index (χ0n) is 10.9. The van der Waals surface area contributed by atoms with Gasteiger partial charge in [0.25, 0.3) is 0 Å². The van der Waals surface area contributed by atoms with Crippen LogP contribution in [-0.4, -0.2) is 32.2 Å². The first-order valence-electron chi connectivity index (χ1n) is 5.94. The van der Waals surface area contributed by atoms with Crippen molar-refractivity contribution in [3.63, 3.8) is 0 Å². The second-order valence-electron chi connectivity index (χ2n) is 4.11. The van der Waals surface area contributed by atoms with Gasteiger partial charge in [0.05, 0.1) is 10.6 Å². The summed E-state index contributed by atoms with van der Waals surface area (Å²) in [7, 11) is 1.81. The molecular formula is C12H14N4O2S2. The number of hydrogen-bond acceptors (Lipinski definition) is 6. The maximum atomic E-state index is 11.9. The van der Waals surface area contributed by atoms with Crippen LogP contribution in [0.2, 0.25) is 0 Å². The van der Waals surface area contributed by atoms with Crippen LogP contribution in [0.25, 0.3) is 0 Å². The van der Waals surface area contributed by atoms with E-state index in [-0.39, 0.29) is 18.1 Å². The Morgan fingerprint density at radius 2 is 2.25 bits per heavy atom. The number of thioether (sulfide) groups is 1. The summed E-state index contributed by atoms with van der Waals surface area (Å²) in [5.74, 6) is 0.721. The molecule has 1 amide bonds. The first kappa shape index (κ1) is 14.7. The second-order valence-corrected chi connectivity index (χ2v) is 6.00. The van der Waals surface area contributed by atoms with Crippen LogP contribution in [0, 0.1) is 0 Å². The Labute approximate surface area is 124 Å². The topological polar surface area (TPSA) is 90.9 Å². The summed E-state index contributed by atoms with van der Waals surface area (Å²) in [5, 5.41) is 10.6. The number of Topliss-reactive ketones (excluding diaryl/α,β-unsaturated/α-hetero) is 1. The van der Waals surface area contributed by atoms with Crippen molar-refractivity contribution in [3.8, 4) is 0 Å². The summed E-state index contributed by atoms with van der Waals surface area (Å²) in [4.78, 5) is 23.4. The molecule has 0 aliphatic rings. The molecule has 2 heterocycles. The van der Waals surface area contributed by atoms with E-state index in [9.17, 15) is 9.59 Å². The normalized spacial score (nSPS) is 10.7. The smallest absolute Gasteiger partial charge is 0.217 e. The Balaban J connectivity index is 1.93. The summed E-state index contributed by atoms with van der Waals surface area (Å²) in [6, 6.07) is 3.66. The van der Waals surface area contributed by atoms with Gasteiger partial charge in [-0.1, -0.05) is 17.8 Å². The monoisotopic (exact) mass is 310 g/mol. The van der Waals surface area contributed by atoms with Gasteiger partial charge >= 0.3 is 0 Å². The predicted molar refractivity (Wildman–Crippen MR) is 77.9 cm³/mol. The number of nitrogens with zero attached hydrogens (tertiary/aromatic N) is 3. The van der Waals surface area contributed by atoms with Crippen LogP contribution in [0.1, 0.15) is 21.9 Å². The Morgan fingerprint density at radius 1 is 1.45 bits per heavy atom. The molecule has 0 spiro atoms. The zero-order chi connectivity index (χ0) is 14.5. The lowest BCUT2D eigenvalue weighted by Gasteiger charge is -2.02. The molecule has 2 N–H and O–H groups in total. The molecule has 106 valence electrons. The third kappa shape index (κ3) is 3.67. The minimum absolute atomic E-state index is 0.0756. The van der Waals surface area contributed by atoms with E-state index >= 15 is 0 Å². The number of hydrogen-bond donors (Lipinski definition) is 1. The molecule has 6 nitrogen and oxygen atoms in total. The summed E-state index contributed by atoms with van der Waals surface area (Å²) in [6.45, 7) is 0. The third-order valence-corrected chi connectivity index (χ3v) is 4.58. The Kier molecular flexibility index (Phi) is 4.91. The van der Waals surface area contributed by atoms with E-state index in [1.165, 1.54) is 23.1 Å². The first-order valence-corrected chi connectivity index (χ1v) is 7.80. The van der Waals surface area contributed by atoms with Crippen LogP contribution in [0.15, 0.2) is 22.7 Å². The molecule has 2 aromatic rings. The van der Waals surface area contributed by atoms with Crippen LogP contribution in [0.5, 0.6) is 0 Å². The number of rotatable bonds is 7. The maximum Gasteiger partial charge on any atom is 0.217 e. The maximum absolute atomic E-state index is 11.9. The molecule has 0 aromatic carbocycles. The standard InChI is InChI=1S/C12H14N4O2S2/c1-16-11(5-4-10(13)18)14-15-12(16)20-7-8(17)9-3-2-6-19-9/h2-3,6H,4-5,7H2,1H3,(H2,13,18). The van der Waals surface area contributed by atoms with Crippen molar-refractivity contribution < 1.29 is 9.59 Å². The molecule has 0 fully saturated rings. The van der Waals surface area contributed by atoms with Gasteiger partial charge in [0.15, 0.2) is 10.9 Å². The van der Waals surface area contributed by atoms with Gasteiger partial charge in [0, 0.05) is 19.9 Å². The molecule has 0 saturated carbocycles. The summed E-state index contributed by atoms with van der Waals surface area (Å²) in [5.41, 5.74) is 5.10. The van der Waals surface area contributed by atoms with Crippen LogP contribution in [0.4, 0.5) is 0 Å². The fourth-order valence-electron chi connectivity index (χ4n) is 1.56.